The Balaban J connectivity index is 2.58. The summed E-state index contributed by atoms with van der Waals surface area (Å²) in [6, 6.07) is 9.87. The lowest BCUT2D eigenvalue weighted by molar-refractivity contribution is -0.133. The first-order valence-electron chi connectivity index (χ1n) is 4.99. The van der Waals surface area contributed by atoms with Gasteiger partial charge >= 0.3 is 5.97 Å². The van der Waals surface area contributed by atoms with Crippen LogP contribution < -0.4 is 0 Å². The van der Waals surface area contributed by atoms with Gasteiger partial charge in [-0.1, -0.05) is 30.2 Å². The molecule has 84 valence electrons. The highest BCUT2D eigenvalue weighted by atomic mass is 19.1. The first-order chi connectivity index (χ1) is 8.22. The van der Waals surface area contributed by atoms with Crippen molar-refractivity contribution in [3.63, 3.8) is 0 Å². The van der Waals surface area contributed by atoms with Crippen LogP contribution in [0.3, 0.4) is 0 Å². The van der Waals surface area contributed by atoms with Gasteiger partial charge in [0, 0.05) is 22.3 Å². The highest BCUT2D eigenvalue weighted by Crippen LogP contribution is 2.20. The van der Waals surface area contributed by atoms with E-state index in [-0.39, 0.29) is 5.82 Å². The van der Waals surface area contributed by atoms with Crippen LogP contribution in [0.5, 0.6) is 0 Å². The fraction of sp³-hybridized carbons (Fsp3) is 0.0714. The van der Waals surface area contributed by atoms with Crippen LogP contribution in [0.4, 0.5) is 4.39 Å². The minimum absolute atomic E-state index is 0.302. The second-order valence-corrected chi connectivity index (χ2v) is 3.38. The highest BCUT2D eigenvalue weighted by Gasteiger charge is 2.03. The molecular weight excluding hydrogens is 219 g/mol. The highest BCUT2D eigenvalue weighted by molar-refractivity contribution is 5.93. The van der Waals surface area contributed by atoms with Crippen LogP contribution in [0.1, 0.15) is 5.56 Å². The minimum atomic E-state index is -0.613. The van der Waals surface area contributed by atoms with Gasteiger partial charge in [0.2, 0.25) is 0 Å². The predicted octanol–water partition coefficient (Wildman–Crippen LogP) is 2.50. The van der Waals surface area contributed by atoms with Gasteiger partial charge in [0.1, 0.15) is 5.82 Å². The molecule has 2 rings (SSSR count). The summed E-state index contributed by atoms with van der Waals surface area (Å²) in [6.45, 7) is 0. The van der Waals surface area contributed by atoms with Gasteiger partial charge < -0.3 is 4.74 Å². The van der Waals surface area contributed by atoms with Gasteiger partial charge in [0.05, 0.1) is 7.11 Å². The second-order valence-electron chi connectivity index (χ2n) is 3.38. The number of fused-ring (bicyclic) bond motifs is 1. The number of carbonyl (C=O) groups excluding carboxylic acids is 1. The third-order valence-electron chi connectivity index (χ3n) is 2.36. The van der Waals surface area contributed by atoms with Crippen molar-refractivity contribution in [1.29, 1.82) is 0 Å². The zero-order valence-corrected chi connectivity index (χ0v) is 9.16. The molecule has 0 aliphatic rings. The standard InChI is InChI=1S/C14H9FO2/c1-17-14(16)9-7-10-6-8-13(15)12-5-3-2-4-11(10)12/h2-6,8H,1H3. The molecule has 0 aromatic heterocycles. The third-order valence-corrected chi connectivity index (χ3v) is 2.36. The maximum absolute atomic E-state index is 13.5. The Kier molecular flexibility index (Phi) is 3.06. The summed E-state index contributed by atoms with van der Waals surface area (Å²) >= 11 is 0. The summed E-state index contributed by atoms with van der Waals surface area (Å²) in [6.07, 6.45) is 0. The molecule has 2 aromatic rings. The average molecular weight is 228 g/mol. The van der Waals surface area contributed by atoms with Crippen molar-refractivity contribution >= 4 is 16.7 Å². The van der Waals surface area contributed by atoms with Gasteiger partial charge in [-0.25, -0.2) is 9.18 Å². The maximum atomic E-state index is 13.5. The molecule has 0 radical (unpaired) electrons. The fourth-order valence-electron chi connectivity index (χ4n) is 1.54. The lowest BCUT2D eigenvalue weighted by Gasteiger charge is -2.01. The molecule has 0 aliphatic carbocycles. The fourth-order valence-corrected chi connectivity index (χ4v) is 1.54. The Morgan fingerprint density at radius 3 is 2.59 bits per heavy atom. The average Bonchev–Trinajstić information content (AvgIpc) is 2.38. The van der Waals surface area contributed by atoms with E-state index >= 15 is 0 Å². The van der Waals surface area contributed by atoms with Gasteiger partial charge in [-0.05, 0) is 12.1 Å². The van der Waals surface area contributed by atoms with Crippen LogP contribution in [0, 0.1) is 17.7 Å². The number of halogens is 1. The first kappa shape index (κ1) is 11.2. The molecule has 0 amide bonds. The van der Waals surface area contributed by atoms with Crippen LogP contribution in [0.25, 0.3) is 10.8 Å². The molecule has 0 unspecified atom stereocenters. The van der Waals surface area contributed by atoms with E-state index in [9.17, 15) is 9.18 Å². The van der Waals surface area contributed by atoms with E-state index in [1.807, 2.05) is 0 Å². The van der Waals surface area contributed by atoms with Crippen LogP contribution >= 0.6 is 0 Å². The number of ether oxygens (including phenoxy) is 1. The molecule has 0 spiro atoms. The number of benzene rings is 2. The molecule has 0 saturated heterocycles. The van der Waals surface area contributed by atoms with Gasteiger partial charge in [-0.15, -0.1) is 0 Å². The van der Waals surface area contributed by atoms with Crippen LogP contribution in [0.2, 0.25) is 0 Å². The van der Waals surface area contributed by atoms with Crippen molar-refractivity contribution in [1.82, 2.24) is 0 Å². The van der Waals surface area contributed by atoms with Crippen LogP contribution in [-0.2, 0) is 9.53 Å². The maximum Gasteiger partial charge on any atom is 0.384 e. The summed E-state index contributed by atoms with van der Waals surface area (Å²) in [5, 5.41) is 1.17. The van der Waals surface area contributed by atoms with E-state index in [1.165, 1.54) is 13.2 Å². The monoisotopic (exact) mass is 228 g/mol. The number of esters is 1. The van der Waals surface area contributed by atoms with E-state index in [2.05, 4.69) is 16.6 Å². The lowest BCUT2D eigenvalue weighted by Crippen LogP contribution is -1.94. The van der Waals surface area contributed by atoms with E-state index in [1.54, 1.807) is 30.3 Å². The van der Waals surface area contributed by atoms with Gasteiger partial charge in [0.25, 0.3) is 0 Å². The molecule has 17 heavy (non-hydrogen) atoms. The molecule has 0 bridgehead atoms. The predicted molar refractivity (Wildman–Crippen MR) is 62.8 cm³/mol. The summed E-state index contributed by atoms with van der Waals surface area (Å²) in [4.78, 5) is 10.9. The SMILES string of the molecule is COC(=O)C#Cc1ccc(F)c2ccccc12. The topological polar surface area (TPSA) is 26.3 Å². The molecule has 0 heterocycles. The second kappa shape index (κ2) is 4.67. The van der Waals surface area contributed by atoms with Gasteiger partial charge in [-0.2, -0.15) is 0 Å². The molecular formula is C14H9FO2. The van der Waals surface area contributed by atoms with E-state index in [4.69, 9.17) is 0 Å². The number of hydrogen-bond donors (Lipinski definition) is 0. The quantitative estimate of drug-likeness (QED) is 0.511. The van der Waals surface area contributed by atoms with Gasteiger partial charge in [0.15, 0.2) is 0 Å². The molecule has 2 aromatic carbocycles. The summed E-state index contributed by atoms with van der Waals surface area (Å²) in [5.41, 5.74) is 0.604. The molecule has 0 saturated carbocycles. The van der Waals surface area contributed by atoms with Gasteiger partial charge in [-0.3, -0.25) is 0 Å². The van der Waals surface area contributed by atoms with Crippen molar-refractivity contribution in [2.45, 2.75) is 0 Å². The number of rotatable bonds is 0. The Morgan fingerprint density at radius 1 is 1.18 bits per heavy atom. The Morgan fingerprint density at radius 2 is 1.88 bits per heavy atom. The van der Waals surface area contributed by atoms with Crippen molar-refractivity contribution in [3.8, 4) is 11.8 Å². The molecule has 0 atom stereocenters. The van der Waals surface area contributed by atoms with Crippen molar-refractivity contribution in [3.05, 3.63) is 47.8 Å². The lowest BCUT2D eigenvalue weighted by atomic mass is 10.0. The van der Waals surface area contributed by atoms with E-state index in [0.717, 1.165) is 0 Å². The Bertz CT molecular complexity index is 635. The van der Waals surface area contributed by atoms with Crippen molar-refractivity contribution < 1.29 is 13.9 Å². The molecule has 0 aliphatic heterocycles. The number of carbonyl (C=O) groups is 1. The van der Waals surface area contributed by atoms with Crippen LogP contribution in [0.15, 0.2) is 36.4 Å². The number of methoxy groups -OCH3 is 1. The Hall–Kier alpha value is -2.34. The number of hydrogen-bond acceptors (Lipinski definition) is 2. The molecule has 0 N–H and O–H groups in total. The smallest absolute Gasteiger partial charge is 0.384 e. The largest absolute Gasteiger partial charge is 0.459 e. The zero-order valence-electron chi connectivity index (χ0n) is 9.16. The van der Waals surface area contributed by atoms with Crippen LogP contribution in [-0.4, -0.2) is 13.1 Å². The summed E-state index contributed by atoms with van der Waals surface area (Å²) in [7, 11) is 1.26. The molecule has 3 heteroatoms. The summed E-state index contributed by atoms with van der Waals surface area (Å²) < 4.78 is 17.9. The molecule has 0 fully saturated rings. The summed E-state index contributed by atoms with van der Waals surface area (Å²) in [5.74, 6) is 4.09. The van der Waals surface area contributed by atoms with E-state index < -0.39 is 5.97 Å². The van der Waals surface area contributed by atoms with E-state index in [0.29, 0.717) is 16.3 Å². The van der Waals surface area contributed by atoms with Crippen molar-refractivity contribution in [2.75, 3.05) is 7.11 Å². The minimum Gasteiger partial charge on any atom is -0.459 e. The Labute approximate surface area is 98.0 Å². The zero-order chi connectivity index (χ0) is 12.3. The molecule has 2 nitrogen and oxygen atoms in total. The van der Waals surface area contributed by atoms with Crippen molar-refractivity contribution in [2.24, 2.45) is 0 Å². The normalized spacial score (nSPS) is 9.53. The third kappa shape index (κ3) is 2.26. The first-order valence-corrected chi connectivity index (χ1v) is 4.99.